The SMILES string of the molecule is Cc1cc(Cc2cc(Cc3cc(C[Si]c4ccccc4)cc(-c4ccc([N+](=O)[O-])cc4)c3)cc(-c3ccc([N+](=O)[O-])cc3)c2)cc(-c2ccc([N+](=O)[O-])cc2)c1. The highest BCUT2D eigenvalue weighted by Gasteiger charge is 2.13. The Hall–Kier alpha value is -7.04. The molecule has 7 aromatic carbocycles. The van der Waals surface area contributed by atoms with Crippen LogP contribution >= 0.6 is 0 Å². The fraction of sp³-hybridized carbons (Fsp3) is 0.0870. The minimum Gasteiger partial charge on any atom is -0.258 e. The van der Waals surface area contributed by atoms with Crippen molar-refractivity contribution in [3.8, 4) is 33.4 Å². The Morgan fingerprint density at radius 1 is 0.411 bits per heavy atom. The maximum atomic E-state index is 11.4. The average Bonchev–Trinajstić information content (AvgIpc) is 3.20. The fourth-order valence-corrected chi connectivity index (χ4v) is 8.00. The van der Waals surface area contributed by atoms with Crippen LogP contribution in [0.2, 0.25) is 0 Å². The lowest BCUT2D eigenvalue weighted by Gasteiger charge is -2.14. The Bertz CT molecular complexity index is 2560. The molecule has 0 aliphatic carbocycles. The Morgan fingerprint density at radius 3 is 1.18 bits per heavy atom. The van der Waals surface area contributed by atoms with Gasteiger partial charge in [-0.05, 0) is 123 Å². The number of hydrogen-bond acceptors (Lipinski definition) is 6. The molecule has 10 heteroatoms. The van der Waals surface area contributed by atoms with Crippen LogP contribution in [0.5, 0.6) is 0 Å². The number of benzene rings is 7. The van der Waals surface area contributed by atoms with Gasteiger partial charge in [0.25, 0.3) is 17.1 Å². The Kier molecular flexibility index (Phi) is 11.0. The summed E-state index contributed by atoms with van der Waals surface area (Å²) in [5.41, 5.74) is 12.2. The molecule has 0 fully saturated rings. The summed E-state index contributed by atoms with van der Waals surface area (Å²) in [5, 5.41) is 35.3. The highest BCUT2D eigenvalue weighted by atomic mass is 28.2. The van der Waals surface area contributed by atoms with Crippen LogP contribution in [-0.2, 0) is 18.9 Å². The van der Waals surface area contributed by atoms with E-state index in [4.69, 9.17) is 0 Å². The molecule has 0 saturated heterocycles. The number of nitrogens with zero attached hydrogens (tertiary/aromatic N) is 3. The first kappa shape index (κ1) is 37.3. The Labute approximate surface area is 326 Å². The summed E-state index contributed by atoms with van der Waals surface area (Å²) < 4.78 is 0. The van der Waals surface area contributed by atoms with Gasteiger partial charge in [0.05, 0.1) is 24.3 Å². The van der Waals surface area contributed by atoms with Gasteiger partial charge < -0.3 is 0 Å². The van der Waals surface area contributed by atoms with Gasteiger partial charge >= 0.3 is 0 Å². The minimum absolute atomic E-state index is 0.0236. The third kappa shape index (κ3) is 9.18. The molecule has 7 aromatic rings. The lowest BCUT2D eigenvalue weighted by atomic mass is 9.91. The molecular weight excluding hydrogens is 719 g/mol. The molecule has 0 unspecified atom stereocenters. The number of hydrogen-bond donors (Lipinski definition) is 0. The molecule has 0 spiro atoms. The van der Waals surface area contributed by atoms with Gasteiger partial charge in [0, 0.05) is 36.4 Å². The third-order valence-corrected chi connectivity index (χ3v) is 10.9. The van der Waals surface area contributed by atoms with E-state index in [1.54, 1.807) is 36.4 Å². The van der Waals surface area contributed by atoms with Gasteiger partial charge in [-0.25, -0.2) is 0 Å². The molecule has 56 heavy (non-hydrogen) atoms. The normalized spacial score (nSPS) is 10.9. The molecule has 0 aromatic heterocycles. The molecule has 274 valence electrons. The van der Waals surface area contributed by atoms with Crippen LogP contribution in [0.1, 0.15) is 33.4 Å². The zero-order valence-electron chi connectivity index (χ0n) is 30.4. The molecule has 0 heterocycles. The second-order valence-electron chi connectivity index (χ2n) is 13.8. The van der Waals surface area contributed by atoms with Gasteiger partial charge in [-0.15, -0.1) is 0 Å². The summed E-state index contributed by atoms with van der Waals surface area (Å²) in [7, 11) is 0.571. The van der Waals surface area contributed by atoms with E-state index in [2.05, 4.69) is 66.7 Å². The molecule has 2 radical (unpaired) electrons. The Morgan fingerprint density at radius 2 is 0.768 bits per heavy atom. The second-order valence-corrected chi connectivity index (χ2v) is 15.1. The van der Waals surface area contributed by atoms with Crippen molar-refractivity contribution in [2.75, 3.05) is 0 Å². The molecule has 7 rings (SSSR count). The van der Waals surface area contributed by atoms with E-state index in [9.17, 15) is 30.3 Å². The molecule has 0 atom stereocenters. The van der Waals surface area contributed by atoms with Crippen molar-refractivity contribution in [3.05, 3.63) is 221 Å². The van der Waals surface area contributed by atoms with E-state index in [1.165, 1.54) is 47.1 Å². The maximum absolute atomic E-state index is 11.4. The molecule has 0 aliphatic rings. The molecule has 0 amide bonds. The van der Waals surface area contributed by atoms with Gasteiger partial charge in [0.15, 0.2) is 0 Å². The van der Waals surface area contributed by atoms with Crippen LogP contribution in [0.3, 0.4) is 0 Å². The maximum Gasteiger partial charge on any atom is 0.269 e. The highest BCUT2D eigenvalue weighted by molar-refractivity contribution is 6.52. The Balaban J connectivity index is 1.26. The predicted molar refractivity (Wildman–Crippen MR) is 221 cm³/mol. The summed E-state index contributed by atoms with van der Waals surface area (Å²) in [4.78, 5) is 32.9. The first-order valence-corrected chi connectivity index (χ1v) is 19.2. The highest BCUT2D eigenvalue weighted by Crippen LogP contribution is 2.31. The van der Waals surface area contributed by atoms with Gasteiger partial charge in [-0.3, -0.25) is 30.3 Å². The van der Waals surface area contributed by atoms with E-state index in [0.717, 1.165) is 67.2 Å². The molecular formula is C46H35N3O6Si. The van der Waals surface area contributed by atoms with E-state index in [-0.39, 0.29) is 17.1 Å². The van der Waals surface area contributed by atoms with Crippen LogP contribution in [0.25, 0.3) is 33.4 Å². The van der Waals surface area contributed by atoms with Gasteiger partial charge in [0.1, 0.15) is 0 Å². The fourth-order valence-electron chi connectivity index (χ4n) is 6.96. The lowest BCUT2D eigenvalue weighted by Crippen LogP contribution is -2.16. The van der Waals surface area contributed by atoms with Crippen LogP contribution in [0.4, 0.5) is 17.1 Å². The molecule has 0 aliphatic heterocycles. The van der Waals surface area contributed by atoms with Crippen molar-refractivity contribution in [1.29, 1.82) is 0 Å². The predicted octanol–water partition coefficient (Wildman–Crippen LogP) is 10.4. The van der Waals surface area contributed by atoms with Crippen molar-refractivity contribution in [2.24, 2.45) is 0 Å². The number of aryl methyl sites for hydroxylation is 1. The monoisotopic (exact) mass is 753 g/mol. The van der Waals surface area contributed by atoms with Crippen molar-refractivity contribution in [3.63, 3.8) is 0 Å². The van der Waals surface area contributed by atoms with Crippen molar-refractivity contribution in [1.82, 2.24) is 0 Å². The van der Waals surface area contributed by atoms with Gasteiger partial charge in [0.2, 0.25) is 0 Å². The van der Waals surface area contributed by atoms with Crippen LogP contribution in [0.15, 0.2) is 158 Å². The van der Waals surface area contributed by atoms with E-state index < -0.39 is 14.8 Å². The number of non-ortho nitro benzene ring substituents is 3. The molecule has 0 bridgehead atoms. The summed E-state index contributed by atoms with van der Waals surface area (Å²) >= 11 is 0. The second kappa shape index (κ2) is 16.5. The van der Waals surface area contributed by atoms with Crippen LogP contribution in [-0.4, -0.2) is 24.3 Å². The molecule has 9 nitrogen and oxygen atoms in total. The third-order valence-electron chi connectivity index (χ3n) is 9.56. The van der Waals surface area contributed by atoms with Crippen molar-refractivity contribution >= 4 is 31.8 Å². The van der Waals surface area contributed by atoms with Crippen molar-refractivity contribution in [2.45, 2.75) is 25.8 Å². The van der Waals surface area contributed by atoms with Gasteiger partial charge in [-0.1, -0.05) is 95.7 Å². The van der Waals surface area contributed by atoms with E-state index in [1.807, 2.05) is 25.1 Å². The number of nitro benzene ring substituents is 3. The first-order chi connectivity index (χ1) is 27.1. The largest absolute Gasteiger partial charge is 0.269 e. The minimum atomic E-state index is -0.404. The smallest absolute Gasteiger partial charge is 0.258 e. The average molecular weight is 754 g/mol. The first-order valence-electron chi connectivity index (χ1n) is 18.0. The summed E-state index contributed by atoms with van der Waals surface area (Å²) in [5.74, 6) is 0. The molecule has 0 saturated carbocycles. The van der Waals surface area contributed by atoms with Gasteiger partial charge in [-0.2, -0.15) is 0 Å². The summed E-state index contributed by atoms with van der Waals surface area (Å²) in [6, 6.07) is 50.3. The van der Waals surface area contributed by atoms with Crippen molar-refractivity contribution < 1.29 is 14.8 Å². The van der Waals surface area contributed by atoms with E-state index >= 15 is 0 Å². The lowest BCUT2D eigenvalue weighted by molar-refractivity contribution is -0.385. The zero-order valence-corrected chi connectivity index (χ0v) is 31.4. The topological polar surface area (TPSA) is 129 Å². The summed E-state index contributed by atoms with van der Waals surface area (Å²) in [6.07, 6.45) is 1.22. The standard InChI is InChI=1S/C46H35N3O6Si/c1-31-19-32(25-40(20-31)37-7-13-43(14-8-37)47(50)51)21-33-22-34(27-41(26-33)38-9-15-44(16-10-38)48(52)53)23-35-24-36(30-56-46-5-3-2-4-6-46)29-42(28-35)39-11-17-45(18-12-39)49(54)55/h2-20,22,24-29H,21,23,30H2,1H3. The quantitative estimate of drug-likeness (QED) is 0.0655. The number of nitro groups is 3. The van der Waals surface area contributed by atoms with Crippen LogP contribution in [0, 0.1) is 37.3 Å². The zero-order chi connectivity index (χ0) is 39.2. The molecule has 0 N–H and O–H groups in total. The summed E-state index contributed by atoms with van der Waals surface area (Å²) in [6.45, 7) is 2.03. The van der Waals surface area contributed by atoms with Crippen LogP contribution < -0.4 is 5.19 Å². The van der Waals surface area contributed by atoms with E-state index in [0.29, 0.717) is 22.4 Å². The number of rotatable bonds is 13.